The zero-order chi connectivity index (χ0) is 11.6. The van der Waals surface area contributed by atoms with Gasteiger partial charge >= 0.3 is 0 Å². The van der Waals surface area contributed by atoms with Crippen molar-refractivity contribution in [1.29, 1.82) is 0 Å². The third kappa shape index (κ3) is 2.47. The summed E-state index contributed by atoms with van der Waals surface area (Å²) < 4.78 is 17.7. The molecule has 0 spiro atoms. The molecule has 90 valence electrons. The van der Waals surface area contributed by atoms with Gasteiger partial charge in [0.05, 0.1) is 6.10 Å². The highest BCUT2D eigenvalue weighted by Crippen LogP contribution is 2.27. The van der Waals surface area contributed by atoms with E-state index in [1.807, 2.05) is 13.8 Å². The van der Waals surface area contributed by atoms with Gasteiger partial charge in [-0.2, -0.15) is 0 Å². The van der Waals surface area contributed by atoms with Gasteiger partial charge < -0.3 is 20.1 Å². The van der Waals surface area contributed by atoms with Gasteiger partial charge in [0.25, 0.3) is 0 Å². The van der Waals surface area contributed by atoms with Crippen molar-refractivity contribution in [2.24, 2.45) is 5.92 Å². The number of alkyl halides is 1. The number of hydrogen-bond donors (Lipinski definition) is 3. The highest BCUT2D eigenvalue weighted by Gasteiger charge is 2.44. The van der Waals surface area contributed by atoms with Crippen LogP contribution >= 0.6 is 0 Å². The van der Waals surface area contributed by atoms with Crippen LogP contribution in [0.2, 0.25) is 0 Å². The van der Waals surface area contributed by atoms with Gasteiger partial charge in [-0.25, -0.2) is 4.39 Å². The van der Waals surface area contributed by atoms with Gasteiger partial charge in [-0.15, -0.1) is 0 Å². The lowest BCUT2D eigenvalue weighted by Crippen LogP contribution is -2.59. The van der Waals surface area contributed by atoms with E-state index < -0.39 is 37.2 Å². The number of aliphatic hydroxyl groups is 3. The summed E-state index contributed by atoms with van der Waals surface area (Å²) in [7, 11) is 0. The zero-order valence-corrected chi connectivity index (χ0v) is 9.01. The summed E-state index contributed by atoms with van der Waals surface area (Å²) in [5, 5.41) is 28.6. The molecule has 0 aromatic carbocycles. The van der Waals surface area contributed by atoms with Crippen LogP contribution in [-0.2, 0) is 4.74 Å². The Bertz CT molecular complexity index is 200. The fraction of sp³-hybridized carbons (Fsp3) is 1.00. The quantitative estimate of drug-likeness (QED) is 0.621. The summed E-state index contributed by atoms with van der Waals surface area (Å²) in [4.78, 5) is 0. The second kappa shape index (κ2) is 5.21. The van der Waals surface area contributed by atoms with Crippen LogP contribution in [0.25, 0.3) is 0 Å². The van der Waals surface area contributed by atoms with Crippen LogP contribution in [0.1, 0.15) is 20.3 Å². The molecule has 1 heterocycles. The Balaban J connectivity index is 2.74. The van der Waals surface area contributed by atoms with E-state index in [2.05, 4.69) is 0 Å². The van der Waals surface area contributed by atoms with Crippen molar-refractivity contribution in [2.75, 3.05) is 6.67 Å². The summed E-state index contributed by atoms with van der Waals surface area (Å²) in [5.74, 6) is 0.0104. The van der Waals surface area contributed by atoms with Crippen LogP contribution in [0.15, 0.2) is 0 Å². The average Bonchev–Trinajstić information content (AvgIpc) is 2.25. The highest BCUT2D eigenvalue weighted by molar-refractivity contribution is 4.93. The van der Waals surface area contributed by atoms with Gasteiger partial charge in [0.2, 0.25) is 0 Å². The normalized spacial score (nSPS) is 44.0. The molecule has 0 saturated carbocycles. The van der Waals surface area contributed by atoms with Gasteiger partial charge in [0.15, 0.2) is 0 Å². The predicted octanol–water partition coefficient (Wildman–Crippen LogP) is -0.148. The van der Waals surface area contributed by atoms with Crippen molar-refractivity contribution in [3.63, 3.8) is 0 Å². The fourth-order valence-corrected chi connectivity index (χ4v) is 1.81. The van der Waals surface area contributed by atoms with Crippen molar-refractivity contribution >= 4 is 0 Å². The molecule has 0 radical (unpaired) electrons. The van der Waals surface area contributed by atoms with Gasteiger partial charge in [0, 0.05) is 0 Å². The minimum atomic E-state index is -1.36. The smallest absolute Gasteiger partial charge is 0.118 e. The Labute approximate surface area is 88.7 Å². The number of rotatable bonds is 3. The molecule has 0 aromatic heterocycles. The third-order valence-electron chi connectivity index (χ3n) is 3.11. The third-order valence-corrected chi connectivity index (χ3v) is 3.11. The van der Waals surface area contributed by atoms with Crippen LogP contribution in [0.4, 0.5) is 4.39 Å². The molecule has 6 atom stereocenters. The zero-order valence-electron chi connectivity index (χ0n) is 9.01. The second-order valence-corrected chi connectivity index (χ2v) is 4.15. The van der Waals surface area contributed by atoms with Crippen molar-refractivity contribution < 1.29 is 24.4 Å². The van der Waals surface area contributed by atoms with E-state index in [4.69, 9.17) is 4.74 Å². The maximum Gasteiger partial charge on any atom is 0.118 e. The molecule has 5 heteroatoms. The van der Waals surface area contributed by atoms with E-state index in [0.29, 0.717) is 0 Å². The molecule has 3 N–H and O–H groups in total. The van der Waals surface area contributed by atoms with Crippen LogP contribution < -0.4 is 0 Å². The Morgan fingerprint density at radius 2 is 1.80 bits per heavy atom. The molecule has 0 bridgehead atoms. The molecular weight excluding hydrogens is 203 g/mol. The molecule has 4 nitrogen and oxygen atoms in total. The summed E-state index contributed by atoms with van der Waals surface area (Å²) in [6.07, 6.45) is -4.75. The first-order valence-electron chi connectivity index (χ1n) is 5.28. The number of halogens is 1. The first-order valence-corrected chi connectivity index (χ1v) is 5.28. The molecule has 6 unspecified atom stereocenters. The standard InChI is InChI=1S/C10H19FO4/c1-3-5(2)10-9(14)8(13)7(12)6(4-11)15-10/h5-10,12-14H,3-4H2,1-2H3. The topological polar surface area (TPSA) is 69.9 Å². The lowest BCUT2D eigenvalue weighted by molar-refractivity contribution is -0.235. The van der Waals surface area contributed by atoms with Crippen LogP contribution in [0.3, 0.4) is 0 Å². The molecule has 0 amide bonds. The average molecular weight is 222 g/mol. The largest absolute Gasteiger partial charge is 0.388 e. The molecular formula is C10H19FO4. The molecule has 15 heavy (non-hydrogen) atoms. The van der Waals surface area contributed by atoms with E-state index in [1.54, 1.807) is 0 Å². The minimum Gasteiger partial charge on any atom is -0.388 e. The molecule has 1 saturated heterocycles. The van der Waals surface area contributed by atoms with E-state index in [1.165, 1.54) is 0 Å². The second-order valence-electron chi connectivity index (χ2n) is 4.15. The van der Waals surface area contributed by atoms with E-state index in [9.17, 15) is 19.7 Å². The summed E-state index contributed by atoms with van der Waals surface area (Å²) in [6.45, 7) is 2.91. The van der Waals surface area contributed by atoms with Crippen molar-refractivity contribution in [1.82, 2.24) is 0 Å². The van der Waals surface area contributed by atoms with Crippen molar-refractivity contribution in [3.8, 4) is 0 Å². The molecule has 1 rings (SSSR count). The van der Waals surface area contributed by atoms with E-state index in [0.717, 1.165) is 6.42 Å². The van der Waals surface area contributed by atoms with Gasteiger partial charge in [-0.1, -0.05) is 20.3 Å². The lowest BCUT2D eigenvalue weighted by Gasteiger charge is -2.42. The van der Waals surface area contributed by atoms with E-state index >= 15 is 0 Å². The molecule has 1 aliphatic heterocycles. The Morgan fingerprint density at radius 3 is 2.27 bits per heavy atom. The molecule has 1 aliphatic rings. The SMILES string of the molecule is CCC(C)C1OC(CF)C(O)C(O)C1O. The predicted molar refractivity (Wildman–Crippen MR) is 52.1 cm³/mol. The maximum absolute atomic E-state index is 12.5. The number of ether oxygens (including phenoxy) is 1. The Kier molecular flexibility index (Phi) is 4.45. The summed E-state index contributed by atoms with van der Waals surface area (Å²) in [6, 6.07) is 0. The first-order chi connectivity index (χ1) is 7.02. The number of hydrogen-bond acceptors (Lipinski definition) is 4. The summed E-state index contributed by atoms with van der Waals surface area (Å²) in [5.41, 5.74) is 0. The Morgan fingerprint density at radius 1 is 1.20 bits per heavy atom. The highest BCUT2D eigenvalue weighted by atomic mass is 19.1. The van der Waals surface area contributed by atoms with Gasteiger partial charge in [0.1, 0.15) is 31.1 Å². The van der Waals surface area contributed by atoms with Gasteiger partial charge in [-0.3, -0.25) is 0 Å². The van der Waals surface area contributed by atoms with Crippen molar-refractivity contribution in [3.05, 3.63) is 0 Å². The molecule has 1 fully saturated rings. The molecule has 0 aromatic rings. The van der Waals surface area contributed by atoms with Crippen LogP contribution in [0.5, 0.6) is 0 Å². The van der Waals surface area contributed by atoms with Gasteiger partial charge in [-0.05, 0) is 5.92 Å². The Hall–Kier alpha value is -0.230. The maximum atomic E-state index is 12.5. The van der Waals surface area contributed by atoms with Crippen LogP contribution in [-0.4, -0.2) is 52.5 Å². The summed E-state index contributed by atoms with van der Waals surface area (Å²) >= 11 is 0. The fourth-order valence-electron chi connectivity index (χ4n) is 1.81. The van der Waals surface area contributed by atoms with E-state index in [-0.39, 0.29) is 5.92 Å². The van der Waals surface area contributed by atoms with Crippen molar-refractivity contribution in [2.45, 2.75) is 50.8 Å². The minimum absolute atomic E-state index is 0.0104. The lowest BCUT2D eigenvalue weighted by atomic mass is 9.88. The molecule has 0 aliphatic carbocycles. The van der Waals surface area contributed by atoms with Crippen LogP contribution in [0, 0.1) is 5.92 Å². The monoisotopic (exact) mass is 222 g/mol. The first kappa shape index (κ1) is 12.8. The number of aliphatic hydroxyl groups excluding tert-OH is 3.